The smallest absolute Gasteiger partial charge is 0.305 e. The van der Waals surface area contributed by atoms with E-state index in [1.165, 1.54) is 7.11 Å². The highest BCUT2D eigenvalue weighted by molar-refractivity contribution is 6.42. The second kappa shape index (κ2) is 10.5. The molecule has 2 rings (SSSR count). The minimum atomic E-state index is -0.200. The quantitative estimate of drug-likeness (QED) is 0.482. The summed E-state index contributed by atoms with van der Waals surface area (Å²) in [5, 5.41) is 8.40. The molecule has 0 radical (unpaired) electrons. The summed E-state index contributed by atoms with van der Waals surface area (Å²) in [6.07, 6.45) is 3.13. The Labute approximate surface area is 175 Å². The van der Waals surface area contributed by atoms with E-state index < -0.39 is 0 Å². The lowest BCUT2D eigenvalue weighted by atomic mass is 10.1. The van der Waals surface area contributed by atoms with Crippen LogP contribution in [0.5, 0.6) is 0 Å². The van der Waals surface area contributed by atoms with Crippen LogP contribution in [0.3, 0.4) is 0 Å². The Hall–Kier alpha value is -2.05. The second-order valence-electron chi connectivity index (χ2n) is 6.57. The molecule has 0 aliphatic rings. The fraction of sp³-hybridized carbons (Fsp3) is 0.450. The number of methoxy groups -OCH3 is 1. The van der Waals surface area contributed by atoms with Crippen LogP contribution >= 0.6 is 23.2 Å². The summed E-state index contributed by atoms with van der Waals surface area (Å²) in [6.45, 7) is 4.40. The van der Waals surface area contributed by atoms with Crippen LogP contribution in [0, 0.1) is 13.8 Å². The summed E-state index contributed by atoms with van der Waals surface area (Å²) < 4.78 is 6.37. The van der Waals surface area contributed by atoms with Crippen LogP contribution in [0.2, 0.25) is 10.0 Å². The van der Waals surface area contributed by atoms with Crippen LogP contribution in [-0.4, -0.2) is 35.3 Å². The molecule has 0 aliphatic carbocycles. The van der Waals surface area contributed by atoms with Gasteiger partial charge in [-0.05, 0) is 44.9 Å². The third kappa shape index (κ3) is 5.97. The van der Waals surface area contributed by atoms with E-state index in [9.17, 15) is 9.59 Å². The molecule has 0 unspecified atom stereocenters. The monoisotopic (exact) mass is 425 g/mol. The van der Waals surface area contributed by atoms with Gasteiger partial charge in [0, 0.05) is 24.2 Å². The first-order chi connectivity index (χ1) is 13.3. The molecule has 2 aromatic rings. The molecule has 0 bridgehead atoms. The number of unbranched alkanes of at least 4 members (excludes halogenated alkanes) is 2. The number of aromatic nitrogens is 2. The van der Waals surface area contributed by atoms with Crippen molar-refractivity contribution in [3.05, 3.63) is 45.2 Å². The van der Waals surface area contributed by atoms with Gasteiger partial charge in [0.2, 0.25) is 5.91 Å². The van der Waals surface area contributed by atoms with E-state index in [-0.39, 0.29) is 18.3 Å². The number of aryl methyl sites for hydroxylation is 1. The maximum absolute atomic E-state index is 12.3. The van der Waals surface area contributed by atoms with E-state index in [0.717, 1.165) is 41.9 Å². The summed E-state index contributed by atoms with van der Waals surface area (Å²) in [7, 11) is 1.39. The Kier molecular flexibility index (Phi) is 8.33. The van der Waals surface area contributed by atoms with Crippen LogP contribution in [0.25, 0.3) is 5.69 Å². The number of carbonyl (C=O) groups excluding carboxylic acids is 2. The van der Waals surface area contributed by atoms with E-state index in [0.29, 0.717) is 23.0 Å². The van der Waals surface area contributed by atoms with Crippen LogP contribution in [0.1, 0.15) is 42.6 Å². The number of benzene rings is 1. The summed E-state index contributed by atoms with van der Waals surface area (Å²) in [6, 6.07) is 5.32. The zero-order valence-corrected chi connectivity index (χ0v) is 17.9. The summed E-state index contributed by atoms with van der Waals surface area (Å²) >= 11 is 12.1. The van der Waals surface area contributed by atoms with Gasteiger partial charge in [0.25, 0.3) is 0 Å². The third-order valence-corrected chi connectivity index (χ3v) is 5.27. The Balaban J connectivity index is 1.90. The first kappa shape index (κ1) is 22.2. The molecule has 0 saturated carbocycles. The Morgan fingerprint density at radius 2 is 1.89 bits per heavy atom. The lowest BCUT2D eigenvalue weighted by Gasteiger charge is -2.08. The number of esters is 1. The SMILES string of the molecule is COC(=O)CCCCCNC(=O)Cc1c(C)nn(-c2ccc(Cl)c(Cl)c2)c1C. The minimum Gasteiger partial charge on any atom is -0.469 e. The van der Waals surface area contributed by atoms with Crippen molar-refractivity contribution in [2.24, 2.45) is 0 Å². The fourth-order valence-corrected chi connectivity index (χ4v) is 3.22. The predicted molar refractivity (Wildman–Crippen MR) is 110 cm³/mol. The average molecular weight is 426 g/mol. The van der Waals surface area contributed by atoms with Gasteiger partial charge in [0.1, 0.15) is 0 Å². The first-order valence-corrected chi connectivity index (χ1v) is 9.93. The molecule has 152 valence electrons. The minimum absolute atomic E-state index is 0.0483. The van der Waals surface area contributed by atoms with Gasteiger partial charge in [0.15, 0.2) is 0 Å². The van der Waals surface area contributed by atoms with Crippen LogP contribution in [0.15, 0.2) is 18.2 Å². The standard InChI is InChI=1S/C20H25Cl2N3O3/c1-13-16(12-19(26)23-10-6-4-5-7-20(27)28-3)14(2)25(24-13)15-8-9-17(21)18(22)11-15/h8-9,11H,4-7,10,12H2,1-3H3,(H,23,26). The van der Waals surface area contributed by atoms with Crippen molar-refractivity contribution in [3.8, 4) is 5.69 Å². The molecule has 1 heterocycles. The molecule has 1 amide bonds. The van der Waals surface area contributed by atoms with E-state index in [4.69, 9.17) is 23.2 Å². The summed E-state index contributed by atoms with van der Waals surface area (Å²) in [5.74, 6) is -0.248. The predicted octanol–water partition coefficient (Wildman–Crippen LogP) is 4.19. The van der Waals surface area contributed by atoms with Gasteiger partial charge in [-0.3, -0.25) is 9.59 Å². The zero-order valence-electron chi connectivity index (χ0n) is 16.3. The molecule has 1 N–H and O–H groups in total. The molecular formula is C20H25Cl2N3O3. The van der Waals surface area contributed by atoms with Crippen LogP contribution < -0.4 is 5.32 Å². The van der Waals surface area contributed by atoms with Crippen LogP contribution in [0.4, 0.5) is 0 Å². The molecule has 0 spiro atoms. The highest BCUT2D eigenvalue weighted by Crippen LogP contribution is 2.26. The van der Waals surface area contributed by atoms with Crippen molar-refractivity contribution in [3.63, 3.8) is 0 Å². The molecule has 1 aromatic carbocycles. The van der Waals surface area contributed by atoms with Gasteiger partial charge >= 0.3 is 5.97 Å². The maximum atomic E-state index is 12.3. The number of nitrogens with one attached hydrogen (secondary N) is 1. The Morgan fingerprint density at radius 3 is 2.57 bits per heavy atom. The molecule has 0 atom stereocenters. The van der Waals surface area contributed by atoms with Crippen molar-refractivity contribution in [1.82, 2.24) is 15.1 Å². The van der Waals surface area contributed by atoms with Crippen molar-refractivity contribution in [2.75, 3.05) is 13.7 Å². The lowest BCUT2D eigenvalue weighted by molar-refractivity contribution is -0.140. The highest BCUT2D eigenvalue weighted by atomic mass is 35.5. The van der Waals surface area contributed by atoms with Gasteiger partial charge in [-0.2, -0.15) is 5.10 Å². The zero-order chi connectivity index (χ0) is 20.7. The van der Waals surface area contributed by atoms with E-state index in [1.54, 1.807) is 16.8 Å². The molecule has 0 saturated heterocycles. The molecule has 8 heteroatoms. The maximum Gasteiger partial charge on any atom is 0.305 e. The van der Waals surface area contributed by atoms with E-state index in [1.807, 2.05) is 19.9 Å². The van der Waals surface area contributed by atoms with Crippen molar-refractivity contribution in [2.45, 2.75) is 46.0 Å². The second-order valence-corrected chi connectivity index (χ2v) is 7.39. The molecule has 28 heavy (non-hydrogen) atoms. The Bertz CT molecular complexity index is 849. The average Bonchev–Trinajstić information content (AvgIpc) is 2.94. The number of halogens is 2. The van der Waals surface area contributed by atoms with Gasteiger partial charge in [0.05, 0.1) is 35.0 Å². The van der Waals surface area contributed by atoms with Gasteiger partial charge in [-0.25, -0.2) is 4.68 Å². The molecule has 6 nitrogen and oxygen atoms in total. The number of rotatable bonds is 9. The third-order valence-electron chi connectivity index (χ3n) is 4.53. The molecular weight excluding hydrogens is 401 g/mol. The van der Waals surface area contributed by atoms with Gasteiger partial charge in [-0.1, -0.05) is 29.6 Å². The van der Waals surface area contributed by atoms with Crippen molar-refractivity contribution in [1.29, 1.82) is 0 Å². The number of nitrogens with zero attached hydrogens (tertiary/aromatic N) is 2. The molecule has 0 aliphatic heterocycles. The number of amides is 1. The van der Waals surface area contributed by atoms with E-state index >= 15 is 0 Å². The topological polar surface area (TPSA) is 73.2 Å². The normalized spacial score (nSPS) is 10.8. The summed E-state index contributed by atoms with van der Waals surface area (Å²) in [4.78, 5) is 23.3. The fourth-order valence-electron chi connectivity index (χ4n) is 2.92. The molecule has 1 aromatic heterocycles. The van der Waals surface area contributed by atoms with Gasteiger partial charge in [-0.15, -0.1) is 0 Å². The number of ether oxygens (including phenoxy) is 1. The molecule has 0 fully saturated rings. The van der Waals surface area contributed by atoms with Gasteiger partial charge < -0.3 is 10.1 Å². The number of hydrogen-bond donors (Lipinski definition) is 1. The lowest BCUT2D eigenvalue weighted by Crippen LogP contribution is -2.26. The van der Waals surface area contributed by atoms with Crippen molar-refractivity contribution >= 4 is 35.1 Å². The first-order valence-electron chi connectivity index (χ1n) is 9.17. The number of carbonyl (C=O) groups is 2. The Morgan fingerprint density at radius 1 is 1.14 bits per heavy atom. The number of hydrogen-bond acceptors (Lipinski definition) is 4. The largest absolute Gasteiger partial charge is 0.469 e. The highest BCUT2D eigenvalue weighted by Gasteiger charge is 2.16. The van der Waals surface area contributed by atoms with Crippen molar-refractivity contribution < 1.29 is 14.3 Å². The van der Waals surface area contributed by atoms with E-state index in [2.05, 4.69) is 15.2 Å². The van der Waals surface area contributed by atoms with Crippen LogP contribution in [-0.2, 0) is 20.7 Å². The summed E-state index contributed by atoms with van der Waals surface area (Å²) in [5.41, 5.74) is 3.39.